The fourth-order valence-electron chi connectivity index (χ4n) is 2.34. The van der Waals surface area contributed by atoms with Crippen molar-refractivity contribution in [1.82, 2.24) is 4.90 Å². The topological polar surface area (TPSA) is 28.0 Å². The van der Waals surface area contributed by atoms with Crippen molar-refractivity contribution in [3.05, 3.63) is 41.1 Å². The molecule has 0 aliphatic carbocycles. The number of nitrogens with zero attached hydrogens (tertiary/aromatic N) is 3. The van der Waals surface area contributed by atoms with Crippen molar-refractivity contribution in [2.75, 3.05) is 19.6 Å². The molecule has 3 nitrogen and oxygen atoms in total. The van der Waals surface area contributed by atoms with Gasteiger partial charge in [-0.05, 0) is 38.1 Å². The third kappa shape index (κ3) is 2.00. The molecule has 1 aromatic carbocycles. The van der Waals surface area contributed by atoms with Gasteiger partial charge in [-0.25, -0.2) is 9.98 Å². The third-order valence-corrected chi connectivity index (χ3v) is 3.19. The van der Waals surface area contributed by atoms with E-state index in [0.717, 1.165) is 23.4 Å². The lowest BCUT2D eigenvalue weighted by molar-refractivity contribution is 0.235. The number of hydrogen-bond acceptors (Lipinski definition) is 3. The molecule has 3 heteroatoms. The molecule has 2 aliphatic rings. The van der Waals surface area contributed by atoms with Crippen LogP contribution in [-0.4, -0.2) is 24.5 Å². The standard InChI is InChI=1S/C13H16N3/c1-4-8-16(9-5-1)10-13-14-11-6-2-3-7-12(11)15-13/h2-3,6-7H,1,4-5,8-10H2. The van der Waals surface area contributed by atoms with Gasteiger partial charge >= 0.3 is 0 Å². The van der Waals surface area contributed by atoms with E-state index >= 15 is 0 Å². The predicted octanol–water partition coefficient (Wildman–Crippen LogP) is 0.915. The molecule has 1 fully saturated rings. The van der Waals surface area contributed by atoms with Gasteiger partial charge in [-0.1, -0.05) is 18.6 Å². The summed E-state index contributed by atoms with van der Waals surface area (Å²) < 4.78 is 0. The first-order valence-corrected chi connectivity index (χ1v) is 6.02. The van der Waals surface area contributed by atoms with Crippen LogP contribution in [-0.2, 0) is 0 Å². The Labute approximate surface area is 95.5 Å². The average molecular weight is 214 g/mol. The second-order valence-electron chi connectivity index (χ2n) is 4.47. The Balaban J connectivity index is 1.72. The molecule has 1 radical (unpaired) electrons. The van der Waals surface area contributed by atoms with Crippen molar-refractivity contribution in [1.29, 1.82) is 0 Å². The maximum Gasteiger partial charge on any atom is 0.210 e. The highest BCUT2D eigenvalue weighted by Gasteiger charge is 2.17. The van der Waals surface area contributed by atoms with E-state index in [1.54, 1.807) is 0 Å². The van der Waals surface area contributed by atoms with Gasteiger partial charge in [-0.15, -0.1) is 0 Å². The van der Waals surface area contributed by atoms with Gasteiger partial charge in [0.1, 0.15) is 0 Å². The summed E-state index contributed by atoms with van der Waals surface area (Å²) in [6.07, 6.45) is 4.99. The minimum Gasteiger partial charge on any atom is -0.299 e. The Hall–Kier alpha value is -1.22. The summed E-state index contributed by atoms with van der Waals surface area (Å²) in [4.78, 5) is 11.6. The summed E-state index contributed by atoms with van der Waals surface area (Å²) in [5.41, 5.74) is 0. The zero-order chi connectivity index (χ0) is 10.8. The second kappa shape index (κ2) is 4.34. The van der Waals surface area contributed by atoms with Crippen LogP contribution in [0.15, 0.2) is 34.3 Å². The maximum atomic E-state index is 4.55. The molecule has 1 aromatic rings. The normalized spacial score (nSPS) is 21.2. The molecule has 0 saturated carbocycles. The van der Waals surface area contributed by atoms with Crippen molar-refractivity contribution in [2.45, 2.75) is 19.3 Å². The molecule has 0 amide bonds. The summed E-state index contributed by atoms with van der Waals surface area (Å²) in [6.45, 7) is 3.31. The second-order valence-corrected chi connectivity index (χ2v) is 4.47. The highest BCUT2D eigenvalue weighted by molar-refractivity contribution is 5.08. The lowest BCUT2D eigenvalue weighted by Crippen LogP contribution is -2.32. The third-order valence-electron chi connectivity index (χ3n) is 3.19. The molecular weight excluding hydrogens is 198 g/mol. The van der Waals surface area contributed by atoms with E-state index in [9.17, 15) is 0 Å². The van der Waals surface area contributed by atoms with Gasteiger partial charge in [0.2, 0.25) is 6.17 Å². The van der Waals surface area contributed by atoms with Crippen LogP contribution < -0.4 is 10.7 Å². The Kier molecular flexibility index (Phi) is 2.70. The van der Waals surface area contributed by atoms with Crippen molar-refractivity contribution >= 4 is 0 Å². The molecule has 3 rings (SSSR count). The molecule has 0 N–H and O–H groups in total. The fraction of sp³-hybridized carbons (Fsp3) is 0.462. The molecule has 0 spiro atoms. The van der Waals surface area contributed by atoms with Gasteiger partial charge in [0.25, 0.3) is 0 Å². The van der Waals surface area contributed by atoms with Crippen LogP contribution in [0.5, 0.6) is 0 Å². The highest BCUT2D eigenvalue weighted by atomic mass is 15.2. The molecule has 2 aliphatic heterocycles. The summed E-state index contributed by atoms with van der Waals surface area (Å²) in [7, 11) is 0. The molecule has 0 unspecified atom stereocenters. The molecule has 0 aromatic heterocycles. The number of hydrogen-bond donors (Lipinski definition) is 0. The summed E-state index contributed by atoms with van der Waals surface area (Å²) in [5.74, 6) is 0. The van der Waals surface area contributed by atoms with Crippen LogP contribution in [0.4, 0.5) is 0 Å². The van der Waals surface area contributed by atoms with E-state index in [2.05, 4.69) is 14.9 Å². The number of para-hydroxylation sites is 2. The van der Waals surface area contributed by atoms with E-state index in [1.807, 2.05) is 24.3 Å². The number of likely N-dealkylation sites (tertiary alicyclic amines) is 1. The summed E-state index contributed by atoms with van der Waals surface area (Å²) >= 11 is 0. The first-order valence-electron chi connectivity index (χ1n) is 6.02. The largest absolute Gasteiger partial charge is 0.299 e. The van der Waals surface area contributed by atoms with E-state index in [-0.39, 0.29) is 0 Å². The lowest BCUT2D eigenvalue weighted by Gasteiger charge is -2.26. The Morgan fingerprint density at radius 2 is 1.56 bits per heavy atom. The fourth-order valence-corrected chi connectivity index (χ4v) is 2.34. The molecule has 0 bridgehead atoms. The van der Waals surface area contributed by atoms with Gasteiger partial charge in [0.05, 0.1) is 10.7 Å². The molecule has 1 saturated heterocycles. The number of rotatable bonds is 2. The first-order chi connectivity index (χ1) is 7.92. The SMILES string of the molecule is c1ccc2c(c1)=N[C](CN1CCCCC1)N=2. The van der Waals surface area contributed by atoms with Crippen molar-refractivity contribution in [2.24, 2.45) is 9.98 Å². The Morgan fingerprint density at radius 3 is 2.19 bits per heavy atom. The highest BCUT2D eigenvalue weighted by Crippen LogP contribution is 2.13. The minimum atomic E-state index is 0.911. The van der Waals surface area contributed by atoms with Gasteiger partial charge in [-0.2, -0.15) is 0 Å². The van der Waals surface area contributed by atoms with Crippen molar-refractivity contribution < 1.29 is 0 Å². The Morgan fingerprint density at radius 1 is 0.938 bits per heavy atom. The van der Waals surface area contributed by atoms with Crippen LogP contribution >= 0.6 is 0 Å². The number of fused-ring (bicyclic) bond motifs is 1. The number of piperidine rings is 1. The van der Waals surface area contributed by atoms with Gasteiger partial charge in [0, 0.05) is 6.54 Å². The molecule has 2 heterocycles. The van der Waals surface area contributed by atoms with E-state index in [1.165, 1.54) is 32.4 Å². The Bertz CT molecular complexity index is 439. The summed E-state index contributed by atoms with van der Waals surface area (Å²) in [6, 6.07) is 8.09. The average Bonchev–Trinajstić information content (AvgIpc) is 2.72. The quantitative estimate of drug-likeness (QED) is 0.719. The van der Waals surface area contributed by atoms with Gasteiger partial charge in [-0.3, -0.25) is 4.90 Å². The van der Waals surface area contributed by atoms with E-state index in [0.29, 0.717) is 0 Å². The maximum absolute atomic E-state index is 4.55. The molecule has 0 atom stereocenters. The zero-order valence-electron chi connectivity index (χ0n) is 9.39. The van der Waals surface area contributed by atoms with Crippen LogP contribution in [0.2, 0.25) is 0 Å². The lowest BCUT2D eigenvalue weighted by atomic mass is 10.1. The zero-order valence-corrected chi connectivity index (χ0v) is 9.39. The molecular formula is C13H16N3. The minimum absolute atomic E-state index is 0.911. The van der Waals surface area contributed by atoms with Crippen LogP contribution in [0.25, 0.3) is 0 Å². The number of benzene rings is 1. The van der Waals surface area contributed by atoms with Crippen molar-refractivity contribution in [3.8, 4) is 0 Å². The van der Waals surface area contributed by atoms with Crippen LogP contribution in [0.1, 0.15) is 19.3 Å². The van der Waals surface area contributed by atoms with Gasteiger partial charge < -0.3 is 0 Å². The van der Waals surface area contributed by atoms with Crippen LogP contribution in [0.3, 0.4) is 0 Å². The molecule has 83 valence electrons. The monoisotopic (exact) mass is 214 g/mol. The van der Waals surface area contributed by atoms with E-state index in [4.69, 9.17) is 0 Å². The van der Waals surface area contributed by atoms with Gasteiger partial charge in [0.15, 0.2) is 0 Å². The van der Waals surface area contributed by atoms with E-state index < -0.39 is 0 Å². The predicted molar refractivity (Wildman–Crippen MR) is 62.3 cm³/mol. The van der Waals surface area contributed by atoms with Crippen molar-refractivity contribution in [3.63, 3.8) is 0 Å². The first kappa shape index (κ1) is 9.97. The smallest absolute Gasteiger partial charge is 0.210 e. The van der Waals surface area contributed by atoms with Crippen LogP contribution in [0, 0.1) is 6.17 Å². The summed E-state index contributed by atoms with van der Waals surface area (Å²) in [5, 5.41) is 2.05. The molecule has 16 heavy (non-hydrogen) atoms.